The maximum atomic E-state index is 11.3. The van der Waals surface area contributed by atoms with Crippen LogP contribution in [0.1, 0.15) is 0 Å². The lowest BCUT2D eigenvalue weighted by Crippen LogP contribution is -2.29. The van der Waals surface area contributed by atoms with Gasteiger partial charge in [-0.05, 0) is 12.1 Å². The summed E-state index contributed by atoms with van der Waals surface area (Å²) in [6.07, 6.45) is -2.06. The van der Waals surface area contributed by atoms with E-state index >= 15 is 0 Å². The second kappa shape index (κ2) is 5.25. The van der Waals surface area contributed by atoms with E-state index in [0.717, 1.165) is 6.07 Å². The lowest BCUT2D eigenvalue weighted by atomic mass is 10.2. The summed E-state index contributed by atoms with van der Waals surface area (Å²) < 4.78 is 32.9. The topological polar surface area (TPSA) is 116 Å². The van der Waals surface area contributed by atoms with Gasteiger partial charge in [0, 0.05) is 0 Å². The van der Waals surface area contributed by atoms with E-state index < -0.39 is 27.0 Å². The summed E-state index contributed by atoms with van der Waals surface area (Å²) in [5, 5.41) is 20.5. The molecule has 20 heavy (non-hydrogen) atoms. The molecule has 2 unspecified atom stereocenters. The average Bonchev–Trinajstić information content (AvgIpc) is 2.62. The number of ether oxygens (including phenoxy) is 2. The van der Waals surface area contributed by atoms with E-state index in [2.05, 4.69) is 0 Å². The van der Waals surface area contributed by atoms with Crippen LogP contribution in [0.4, 0.5) is 5.69 Å². The van der Waals surface area contributed by atoms with Crippen molar-refractivity contribution in [3.63, 3.8) is 0 Å². The quantitative estimate of drug-likeness (QED) is 0.621. The second-order valence-corrected chi connectivity index (χ2v) is 6.55. The van der Waals surface area contributed by atoms with Crippen LogP contribution in [0.5, 0.6) is 11.5 Å². The number of methoxy groups -OCH3 is 1. The fourth-order valence-corrected chi connectivity index (χ4v) is 3.63. The maximum Gasteiger partial charge on any atom is 0.314 e. The Kier molecular flexibility index (Phi) is 3.82. The highest BCUT2D eigenvalue weighted by molar-refractivity contribution is 7.91. The summed E-state index contributed by atoms with van der Waals surface area (Å²) in [7, 11) is -2.04. The number of nitro benzene ring substituents is 1. The molecule has 1 aliphatic heterocycles. The van der Waals surface area contributed by atoms with Gasteiger partial charge in [0.05, 0.1) is 29.6 Å². The van der Waals surface area contributed by atoms with Gasteiger partial charge < -0.3 is 14.6 Å². The van der Waals surface area contributed by atoms with Gasteiger partial charge in [-0.3, -0.25) is 10.1 Å². The standard InChI is InChI=1S/C11H13NO7S/c1-18-10-3-2-7(4-8(10)12(14)15)19-11-6-20(16,17)5-9(11)13/h2-4,9,11,13H,5-6H2,1H3. The highest BCUT2D eigenvalue weighted by Crippen LogP contribution is 2.32. The molecule has 1 N–H and O–H groups in total. The summed E-state index contributed by atoms with van der Waals surface area (Å²) in [5.74, 6) is -0.496. The molecule has 1 fully saturated rings. The Hall–Kier alpha value is -1.87. The minimum Gasteiger partial charge on any atom is -0.490 e. The van der Waals surface area contributed by atoms with Crippen molar-refractivity contribution in [1.82, 2.24) is 0 Å². The van der Waals surface area contributed by atoms with E-state index in [0.29, 0.717) is 0 Å². The highest BCUT2D eigenvalue weighted by Gasteiger charge is 2.38. The van der Waals surface area contributed by atoms with Crippen LogP contribution in [0.25, 0.3) is 0 Å². The van der Waals surface area contributed by atoms with Crippen LogP contribution in [0.15, 0.2) is 18.2 Å². The monoisotopic (exact) mass is 303 g/mol. The van der Waals surface area contributed by atoms with Crippen molar-refractivity contribution in [2.24, 2.45) is 0 Å². The third-order valence-corrected chi connectivity index (χ3v) is 4.59. The zero-order valence-corrected chi connectivity index (χ0v) is 11.4. The van der Waals surface area contributed by atoms with Gasteiger partial charge in [-0.15, -0.1) is 0 Å². The SMILES string of the molecule is COc1ccc(OC2CS(=O)(=O)CC2O)cc1[N+](=O)[O-]. The lowest BCUT2D eigenvalue weighted by Gasteiger charge is -2.15. The van der Waals surface area contributed by atoms with Crippen molar-refractivity contribution >= 4 is 15.5 Å². The fourth-order valence-electron chi connectivity index (χ4n) is 1.97. The van der Waals surface area contributed by atoms with E-state index in [1.807, 2.05) is 0 Å². The first-order valence-electron chi connectivity index (χ1n) is 5.70. The van der Waals surface area contributed by atoms with Crippen LogP contribution in [-0.4, -0.2) is 49.3 Å². The number of aliphatic hydroxyl groups excluding tert-OH is 1. The molecule has 1 heterocycles. The second-order valence-electron chi connectivity index (χ2n) is 4.39. The minimum absolute atomic E-state index is 0.0712. The smallest absolute Gasteiger partial charge is 0.314 e. The zero-order valence-electron chi connectivity index (χ0n) is 10.6. The predicted molar refractivity (Wildman–Crippen MR) is 68.7 cm³/mol. The van der Waals surface area contributed by atoms with Gasteiger partial charge in [0.2, 0.25) is 0 Å². The lowest BCUT2D eigenvalue weighted by molar-refractivity contribution is -0.385. The van der Waals surface area contributed by atoms with E-state index in [1.165, 1.54) is 19.2 Å². The first-order chi connectivity index (χ1) is 9.32. The van der Waals surface area contributed by atoms with E-state index in [1.54, 1.807) is 0 Å². The van der Waals surface area contributed by atoms with Gasteiger partial charge in [0.15, 0.2) is 15.6 Å². The van der Waals surface area contributed by atoms with Gasteiger partial charge in [-0.1, -0.05) is 0 Å². The van der Waals surface area contributed by atoms with Crippen LogP contribution in [0.3, 0.4) is 0 Å². The summed E-state index contributed by atoms with van der Waals surface area (Å²) in [6.45, 7) is 0. The Labute approximate surface area is 115 Å². The molecule has 8 nitrogen and oxygen atoms in total. The number of nitrogens with zero attached hydrogens (tertiary/aromatic N) is 1. The van der Waals surface area contributed by atoms with Crippen LogP contribution < -0.4 is 9.47 Å². The normalized spacial score (nSPS) is 24.3. The molecule has 0 saturated carbocycles. The van der Waals surface area contributed by atoms with Crippen molar-refractivity contribution in [3.8, 4) is 11.5 Å². The molecule has 0 bridgehead atoms. The van der Waals surface area contributed by atoms with E-state index in [-0.39, 0.29) is 28.7 Å². The number of hydrogen-bond acceptors (Lipinski definition) is 7. The number of sulfone groups is 1. The van der Waals surface area contributed by atoms with Crippen LogP contribution in [-0.2, 0) is 9.84 Å². The van der Waals surface area contributed by atoms with E-state index in [4.69, 9.17) is 9.47 Å². The largest absolute Gasteiger partial charge is 0.490 e. The minimum atomic E-state index is -3.34. The summed E-state index contributed by atoms with van der Waals surface area (Å²) in [5.41, 5.74) is -0.291. The molecule has 2 atom stereocenters. The maximum absolute atomic E-state index is 11.3. The predicted octanol–water partition coefficient (Wildman–Crippen LogP) is 0.140. The van der Waals surface area contributed by atoms with Crippen molar-refractivity contribution in [1.29, 1.82) is 0 Å². The van der Waals surface area contributed by atoms with Gasteiger partial charge in [-0.25, -0.2) is 8.42 Å². The van der Waals surface area contributed by atoms with Crippen LogP contribution >= 0.6 is 0 Å². The molecule has 0 amide bonds. The number of aliphatic hydroxyl groups is 1. The van der Waals surface area contributed by atoms with Crippen LogP contribution in [0, 0.1) is 10.1 Å². The Bertz CT molecular complexity index is 628. The number of nitro groups is 1. The molecule has 9 heteroatoms. The van der Waals surface area contributed by atoms with Crippen molar-refractivity contribution in [3.05, 3.63) is 28.3 Å². The van der Waals surface area contributed by atoms with Gasteiger partial charge >= 0.3 is 5.69 Å². The van der Waals surface area contributed by atoms with E-state index in [9.17, 15) is 23.6 Å². The highest BCUT2D eigenvalue weighted by atomic mass is 32.2. The van der Waals surface area contributed by atoms with Crippen molar-refractivity contribution < 1.29 is 27.9 Å². The van der Waals surface area contributed by atoms with Gasteiger partial charge in [0.25, 0.3) is 0 Å². The molecular formula is C11H13NO7S. The Morgan fingerprint density at radius 3 is 2.60 bits per heavy atom. The van der Waals surface area contributed by atoms with Crippen LogP contribution in [0.2, 0.25) is 0 Å². The number of rotatable bonds is 4. The third-order valence-electron chi connectivity index (χ3n) is 2.91. The van der Waals surface area contributed by atoms with Gasteiger partial charge in [0.1, 0.15) is 18.0 Å². The molecule has 1 aromatic carbocycles. The summed E-state index contributed by atoms with van der Waals surface area (Å²) in [6, 6.07) is 3.91. The molecule has 1 aromatic rings. The molecule has 0 aromatic heterocycles. The van der Waals surface area contributed by atoms with Crippen molar-refractivity contribution in [2.45, 2.75) is 12.2 Å². The molecule has 2 rings (SSSR count). The molecule has 110 valence electrons. The number of benzene rings is 1. The fraction of sp³-hybridized carbons (Fsp3) is 0.455. The zero-order chi connectivity index (χ0) is 14.9. The first-order valence-corrected chi connectivity index (χ1v) is 7.52. The Morgan fingerprint density at radius 2 is 2.10 bits per heavy atom. The molecule has 0 spiro atoms. The van der Waals surface area contributed by atoms with Gasteiger partial charge in [-0.2, -0.15) is 0 Å². The number of hydrogen-bond donors (Lipinski definition) is 1. The summed E-state index contributed by atoms with van der Waals surface area (Å²) in [4.78, 5) is 10.2. The average molecular weight is 303 g/mol. The molecular weight excluding hydrogens is 290 g/mol. The third kappa shape index (κ3) is 2.99. The molecule has 0 aliphatic carbocycles. The molecule has 0 radical (unpaired) electrons. The van der Waals surface area contributed by atoms with Crippen molar-refractivity contribution in [2.75, 3.05) is 18.6 Å². The molecule has 1 saturated heterocycles. The first kappa shape index (κ1) is 14.5. The Balaban J connectivity index is 2.22. The Morgan fingerprint density at radius 1 is 1.40 bits per heavy atom. The summed E-state index contributed by atoms with van der Waals surface area (Å²) >= 11 is 0. The molecule has 1 aliphatic rings.